The molecule has 1 aromatic heterocycles. The van der Waals surface area contributed by atoms with Crippen LogP contribution in [-0.2, 0) is 4.74 Å². The molecule has 10 heteroatoms. The van der Waals surface area contributed by atoms with Crippen LogP contribution in [0.15, 0.2) is 0 Å². The topological polar surface area (TPSA) is 63.2 Å². The van der Waals surface area contributed by atoms with Crippen LogP contribution in [0.25, 0.3) is 0 Å². The first-order valence-electron chi connectivity index (χ1n) is 6.40. The van der Waals surface area contributed by atoms with E-state index in [2.05, 4.69) is 25.0 Å². The maximum Gasteiger partial charge on any atom is 0.411 e. The van der Waals surface area contributed by atoms with Gasteiger partial charge in [0.2, 0.25) is 17.2 Å². The van der Waals surface area contributed by atoms with E-state index in [0.29, 0.717) is 19.0 Å². The lowest BCUT2D eigenvalue weighted by atomic mass is 10.5. The Morgan fingerprint density at radius 1 is 1.19 bits per heavy atom. The van der Waals surface area contributed by atoms with Crippen LogP contribution in [-0.4, -0.2) is 54.0 Å². The van der Waals surface area contributed by atoms with Gasteiger partial charge in [-0.3, -0.25) is 0 Å². The fourth-order valence-corrected chi connectivity index (χ4v) is 1.65. The van der Waals surface area contributed by atoms with Gasteiger partial charge < -0.3 is 15.0 Å². The molecule has 0 aliphatic heterocycles. The van der Waals surface area contributed by atoms with E-state index in [-0.39, 0.29) is 24.4 Å². The fraction of sp³-hybridized carbons (Fsp3) is 0.727. The molecule has 0 aliphatic carbocycles. The molecule has 0 bridgehead atoms. The van der Waals surface area contributed by atoms with Crippen LogP contribution < -0.4 is 10.2 Å². The normalized spacial score (nSPS) is 11.5. The monoisotopic (exact) mass is 327 g/mol. The second-order valence-corrected chi connectivity index (χ2v) is 4.33. The highest BCUT2D eigenvalue weighted by atomic mass is 35.5. The molecule has 1 rings (SSSR count). The van der Waals surface area contributed by atoms with Crippen LogP contribution in [0, 0.1) is 0 Å². The number of ether oxygens (including phenoxy) is 1. The summed E-state index contributed by atoms with van der Waals surface area (Å²) in [4.78, 5) is 13.9. The van der Waals surface area contributed by atoms with Gasteiger partial charge in [0, 0.05) is 19.6 Å². The molecule has 120 valence electrons. The molecule has 0 aliphatic rings. The van der Waals surface area contributed by atoms with Gasteiger partial charge in [0.15, 0.2) is 0 Å². The minimum absolute atomic E-state index is 0.0191. The maximum atomic E-state index is 11.9. The van der Waals surface area contributed by atoms with Crippen molar-refractivity contribution in [1.29, 1.82) is 0 Å². The van der Waals surface area contributed by atoms with Crippen molar-refractivity contribution in [2.75, 3.05) is 43.1 Å². The van der Waals surface area contributed by atoms with Gasteiger partial charge in [0.05, 0.1) is 6.61 Å². The smallest absolute Gasteiger partial charge is 0.370 e. The number of rotatable bonds is 8. The van der Waals surface area contributed by atoms with E-state index in [1.54, 1.807) is 0 Å². The van der Waals surface area contributed by atoms with Crippen molar-refractivity contribution in [2.45, 2.75) is 20.0 Å². The maximum absolute atomic E-state index is 11.9. The van der Waals surface area contributed by atoms with Crippen molar-refractivity contribution in [3.63, 3.8) is 0 Å². The number of aromatic nitrogens is 3. The average molecular weight is 328 g/mol. The molecule has 0 amide bonds. The first kappa shape index (κ1) is 17.7. The minimum atomic E-state index is -4.33. The van der Waals surface area contributed by atoms with Gasteiger partial charge in [-0.15, -0.1) is 0 Å². The Morgan fingerprint density at radius 3 is 2.43 bits per heavy atom. The summed E-state index contributed by atoms with van der Waals surface area (Å²) in [5, 5.41) is 2.77. The summed E-state index contributed by atoms with van der Waals surface area (Å²) in [5.74, 6) is 0.617. The van der Waals surface area contributed by atoms with Gasteiger partial charge in [-0.1, -0.05) is 0 Å². The van der Waals surface area contributed by atoms with Crippen molar-refractivity contribution in [3.8, 4) is 0 Å². The molecule has 0 saturated carbocycles. The summed E-state index contributed by atoms with van der Waals surface area (Å²) in [6, 6.07) is 0. The second kappa shape index (κ2) is 8.18. The van der Waals surface area contributed by atoms with E-state index in [9.17, 15) is 13.2 Å². The van der Waals surface area contributed by atoms with Crippen molar-refractivity contribution >= 4 is 23.5 Å². The number of nitrogens with zero attached hydrogens (tertiary/aromatic N) is 4. The van der Waals surface area contributed by atoms with Crippen LogP contribution in [0.1, 0.15) is 13.8 Å². The van der Waals surface area contributed by atoms with Crippen LogP contribution >= 0.6 is 11.6 Å². The molecule has 0 unspecified atom stereocenters. The highest BCUT2D eigenvalue weighted by Crippen LogP contribution is 2.15. The predicted molar refractivity (Wildman–Crippen MR) is 73.8 cm³/mol. The van der Waals surface area contributed by atoms with E-state index in [0.717, 1.165) is 0 Å². The average Bonchev–Trinajstić information content (AvgIpc) is 2.38. The van der Waals surface area contributed by atoms with Gasteiger partial charge >= 0.3 is 6.18 Å². The van der Waals surface area contributed by atoms with Gasteiger partial charge in [0.1, 0.15) is 6.61 Å². The Kier molecular flexibility index (Phi) is 6.90. The van der Waals surface area contributed by atoms with E-state index < -0.39 is 12.8 Å². The molecule has 1 aromatic rings. The minimum Gasteiger partial charge on any atom is -0.370 e. The molecule has 0 radical (unpaired) electrons. The second-order valence-electron chi connectivity index (χ2n) is 3.99. The molecule has 0 spiro atoms. The van der Waals surface area contributed by atoms with Crippen LogP contribution in [0.2, 0.25) is 5.28 Å². The predicted octanol–water partition coefficient (Wildman–Crippen LogP) is 2.36. The third kappa shape index (κ3) is 6.76. The molecule has 1 heterocycles. The SMILES string of the molecule is CCN(CC)c1nc(Cl)nc(NCCOCC(F)(F)F)n1. The third-order valence-corrected chi connectivity index (χ3v) is 2.61. The highest BCUT2D eigenvalue weighted by Gasteiger charge is 2.27. The Bertz CT molecular complexity index is 442. The molecular weight excluding hydrogens is 311 g/mol. The highest BCUT2D eigenvalue weighted by molar-refractivity contribution is 6.28. The standard InChI is InChI=1S/C11H17ClF3N5O/c1-3-20(4-2)10-18-8(12)17-9(19-10)16-5-6-21-7-11(13,14)15/h3-7H2,1-2H3,(H,16,17,18,19). The lowest BCUT2D eigenvalue weighted by Gasteiger charge is -2.18. The summed E-state index contributed by atoms with van der Waals surface area (Å²) in [6.45, 7) is 4.02. The van der Waals surface area contributed by atoms with Crippen LogP contribution in [0.4, 0.5) is 25.1 Å². The molecule has 0 saturated heterocycles. The summed E-state index contributed by atoms with van der Waals surface area (Å²) in [7, 11) is 0. The first-order chi connectivity index (χ1) is 9.85. The zero-order valence-electron chi connectivity index (χ0n) is 11.7. The van der Waals surface area contributed by atoms with E-state index >= 15 is 0 Å². The Hall–Kier alpha value is -1.35. The largest absolute Gasteiger partial charge is 0.411 e. The lowest BCUT2D eigenvalue weighted by molar-refractivity contribution is -0.172. The summed E-state index contributed by atoms with van der Waals surface area (Å²) in [5.41, 5.74) is 0. The van der Waals surface area contributed by atoms with Crippen molar-refractivity contribution in [2.24, 2.45) is 0 Å². The number of alkyl halides is 3. The lowest BCUT2D eigenvalue weighted by Crippen LogP contribution is -2.25. The van der Waals surface area contributed by atoms with Gasteiger partial charge in [-0.25, -0.2) is 0 Å². The Morgan fingerprint density at radius 2 is 1.86 bits per heavy atom. The Labute approximate surface area is 125 Å². The summed E-state index contributed by atoms with van der Waals surface area (Å²) >= 11 is 5.80. The number of nitrogens with one attached hydrogen (secondary N) is 1. The summed E-state index contributed by atoms with van der Waals surface area (Å²) in [6.07, 6.45) is -4.33. The molecule has 0 aromatic carbocycles. The van der Waals surface area contributed by atoms with Gasteiger partial charge in [-0.2, -0.15) is 28.1 Å². The van der Waals surface area contributed by atoms with E-state index in [1.165, 1.54) is 0 Å². The summed E-state index contributed by atoms with van der Waals surface area (Å²) < 4.78 is 40.1. The number of hydrogen-bond acceptors (Lipinski definition) is 6. The quantitative estimate of drug-likeness (QED) is 0.740. The first-order valence-corrected chi connectivity index (χ1v) is 6.78. The van der Waals surface area contributed by atoms with Crippen molar-refractivity contribution in [3.05, 3.63) is 5.28 Å². The van der Waals surface area contributed by atoms with E-state index in [4.69, 9.17) is 11.6 Å². The zero-order valence-corrected chi connectivity index (χ0v) is 12.5. The van der Waals surface area contributed by atoms with Gasteiger partial charge in [-0.05, 0) is 25.4 Å². The van der Waals surface area contributed by atoms with Crippen molar-refractivity contribution in [1.82, 2.24) is 15.0 Å². The fourth-order valence-electron chi connectivity index (χ4n) is 1.49. The third-order valence-electron chi connectivity index (χ3n) is 2.44. The molecular formula is C11H17ClF3N5O. The molecule has 1 N–H and O–H groups in total. The molecule has 6 nitrogen and oxygen atoms in total. The Balaban J connectivity index is 2.52. The van der Waals surface area contributed by atoms with E-state index in [1.807, 2.05) is 18.7 Å². The van der Waals surface area contributed by atoms with Crippen LogP contribution in [0.5, 0.6) is 0 Å². The number of anilines is 2. The molecule has 0 fully saturated rings. The number of hydrogen-bond donors (Lipinski definition) is 1. The van der Waals surface area contributed by atoms with Gasteiger partial charge in [0.25, 0.3) is 0 Å². The van der Waals surface area contributed by atoms with Crippen LogP contribution in [0.3, 0.4) is 0 Å². The molecule has 21 heavy (non-hydrogen) atoms. The zero-order chi connectivity index (χ0) is 15.9. The number of halogens is 4. The van der Waals surface area contributed by atoms with Crippen molar-refractivity contribution < 1.29 is 17.9 Å². The molecule has 0 atom stereocenters.